The van der Waals surface area contributed by atoms with E-state index in [0.717, 1.165) is 24.3 Å². The Morgan fingerprint density at radius 3 is 2.85 bits per heavy atom. The van der Waals surface area contributed by atoms with Crippen molar-refractivity contribution in [1.29, 1.82) is 0 Å². The second kappa shape index (κ2) is 6.86. The summed E-state index contributed by atoms with van der Waals surface area (Å²) in [6.07, 6.45) is 4.55. The standard InChI is InChI=1S/C16H22N2OS/c1-16(2,3)18-11-13-6-8-17-12-15(13)19-9-7-14-5-4-10-20-14/h4-6,8,10,12,18H,7,9,11H2,1-3H3. The molecule has 0 amide bonds. The summed E-state index contributed by atoms with van der Waals surface area (Å²) >= 11 is 1.77. The van der Waals surface area contributed by atoms with Crippen LogP contribution in [-0.2, 0) is 13.0 Å². The topological polar surface area (TPSA) is 34.2 Å². The fraction of sp³-hybridized carbons (Fsp3) is 0.438. The van der Waals surface area contributed by atoms with Crippen LogP contribution in [0.15, 0.2) is 36.0 Å². The first-order valence-electron chi connectivity index (χ1n) is 6.88. The molecule has 1 N–H and O–H groups in total. The van der Waals surface area contributed by atoms with E-state index in [1.165, 1.54) is 4.88 Å². The Kier molecular flexibility index (Phi) is 5.15. The predicted molar refractivity (Wildman–Crippen MR) is 84.3 cm³/mol. The van der Waals surface area contributed by atoms with Gasteiger partial charge in [0, 0.05) is 35.1 Å². The predicted octanol–water partition coefficient (Wildman–Crippen LogP) is 3.65. The molecule has 0 atom stereocenters. The Hall–Kier alpha value is -1.39. The van der Waals surface area contributed by atoms with Crippen LogP contribution in [-0.4, -0.2) is 17.1 Å². The summed E-state index contributed by atoms with van der Waals surface area (Å²) in [6, 6.07) is 6.22. The molecule has 0 aliphatic heterocycles. The van der Waals surface area contributed by atoms with Crippen molar-refractivity contribution in [2.75, 3.05) is 6.61 Å². The largest absolute Gasteiger partial charge is 0.491 e. The van der Waals surface area contributed by atoms with E-state index in [1.54, 1.807) is 17.5 Å². The third kappa shape index (κ3) is 4.94. The van der Waals surface area contributed by atoms with Gasteiger partial charge in [0.2, 0.25) is 0 Å². The van der Waals surface area contributed by atoms with E-state index in [-0.39, 0.29) is 5.54 Å². The SMILES string of the molecule is CC(C)(C)NCc1ccncc1OCCc1cccs1. The molecule has 2 aromatic heterocycles. The van der Waals surface area contributed by atoms with Crippen molar-refractivity contribution in [2.45, 2.75) is 39.3 Å². The van der Waals surface area contributed by atoms with E-state index in [9.17, 15) is 0 Å². The van der Waals surface area contributed by atoms with Gasteiger partial charge in [-0.1, -0.05) is 6.07 Å². The molecule has 0 bridgehead atoms. The number of aromatic nitrogens is 1. The van der Waals surface area contributed by atoms with Gasteiger partial charge in [-0.05, 0) is 38.3 Å². The molecule has 20 heavy (non-hydrogen) atoms. The van der Waals surface area contributed by atoms with Crippen molar-refractivity contribution in [3.8, 4) is 5.75 Å². The fourth-order valence-corrected chi connectivity index (χ4v) is 2.45. The number of hydrogen-bond acceptors (Lipinski definition) is 4. The van der Waals surface area contributed by atoms with Crippen LogP contribution in [0.1, 0.15) is 31.2 Å². The van der Waals surface area contributed by atoms with Gasteiger partial charge in [-0.15, -0.1) is 11.3 Å². The van der Waals surface area contributed by atoms with Crippen LogP contribution < -0.4 is 10.1 Å². The molecule has 0 saturated heterocycles. The number of hydrogen-bond donors (Lipinski definition) is 1. The second-order valence-corrected chi connectivity index (χ2v) is 6.80. The molecule has 0 fully saturated rings. The number of thiophene rings is 1. The highest BCUT2D eigenvalue weighted by atomic mass is 32.1. The van der Waals surface area contributed by atoms with Crippen molar-refractivity contribution in [2.24, 2.45) is 0 Å². The average Bonchev–Trinajstić information content (AvgIpc) is 2.90. The van der Waals surface area contributed by atoms with E-state index in [1.807, 2.05) is 12.3 Å². The normalized spacial score (nSPS) is 11.6. The molecule has 2 aromatic rings. The maximum atomic E-state index is 5.88. The zero-order valence-electron chi connectivity index (χ0n) is 12.3. The highest BCUT2D eigenvalue weighted by Gasteiger charge is 2.11. The number of ether oxygens (including phenoxy) is 1. The van der Waals surface area contributed by atoms with Crippen LogP contribution in [0.5, 0.6) is 5.75 Å². The summed E-state index contributed by atoms with van der Waals surface area (Å²) in [5, 5.41) is 5.57. The van der Waals surface area contributed by atoms with Crippen molar-refractivity contribution in [3.63, 3.8) is 0 Å². The minimum atomic E-state index is 0.0948. The first-order valence-corrected chi connectivity index (χ1v) is 7.76. The Balaban J connectivity index is 1.90. The quantitative estimate of drug-likeness (QED) is 0.881. The second-order valence-electron chi connectivity index (χ2n) is 5.76. The molecule has 0 saturated carbocycles. The van der Waals surface area contributed by atoms with Crippen molar-refractivity contribution in [3.05, 3.63) is 46.4 Å². The first kappa shape index (κ1) is 15.0. The van der Waals surface area contributed by atoms with Crippen molar-refractivity contribution < 1.29 is 4.74 Å². The maximum absolute atomic E-state index is 5.88. The Morgan fingerprint density at radius 1 is 1.30 bits per heavy atom. The van der Waals surface area contributed by atoms with E-state index >= 15 is 0 Å². The Bertz CT molecular complexity index is 518. The lowest BCUT2D eigenvalue weighted by atomic mass is 10.1. The van der Waals surface area contributed by atoms with E-state index in [4.69, 9.17) is 4.74 Å². The number of pyridine rings is 1. The highest BCUT2D eigenvalue weighted by Crippen LogP contribution is 2.18. The maximum Gasteiger partial charge on any atom is 0.142 e. The zero-order chi connectivity index (χ0) is 14.4. The Morgan fingerprint density at radius 2 is 2.15 bits per heavy atom. The van der Waals surface area contributed by atoms with Gasteiger partial charge in [0.05, 0.1) is 12.8 Å². The molecule has 2 rings (SSSR count). The zero-order valence-corrected chi connectivity index (χ0v) is 13.2. The van der Waals surface area contributed by atoms with Gasteiger partial charge in [-0.2, -0.15) is 0 Å². The average molecular weight is 290 g/mol. The van der Waals surface area contributed by atoms with Crippen LogP contribution in [0, 0.1) is 0 Å². The molecule has 4 heteroatoms. The van der Waals surface area contributed by atoms with Gasteiger partial charge >= 0.3 is 0 Å². The lowest BCUT2D eigenvalue weighted by Gasteiger charge is -2.21. The van der Waals surface area contributed by atoms with Gasteiger partial charge in [0.15, 0.2) is 0 Å². The minimum Gasteiger partial charge on any atom is -0.491 e. The molecule has 0 radical (unpaired) electrons. The third-order valence-electron chi connectivity index (χ3n) is 2.87. The number of rotatable bonds is 6. The summed E-state index contributed by atoms with van der Waals surface area (Å²) in [5.74, 6) is 0.876. The molecule has 0 aromatic carbocycles. The lowest BCUT2D eigenvalue weighted by Crippen LogP contribution is -2.35. The molecule has 0 aliphatic rings. The summed E-state index contributed by atoms with van der Waals surface area (Å²) in [7, 11) is 0. The van der Waals surface area contributed by atoms with Gasteiger partial charge in [0.25, 0.3) is 0 Å². The van der Waals surface area contributed by atoms with Gasteiger partial charge in [-0.3, -0.25) is 4.98 Å². The van der Waals surface area contributed by atoms with Crippen LogP contribution in [0.3, 0.4) is 0 Å². The van der Waals surface area contributed by atoms with Crippen LogP contribution in [0.2, 0.25) is 0 Å². The smallest absolute Gasteiger partial charge is 0.142 e. The molecular formula is C16H22N2OS. The van der Waals surface area contributed by atoms with Crippen molar-refractivity contribution >= 4 is 11.3 Å². The highest BCUT2D eigenvalue weighted by molar-refractivity contribution is 7.09. The summed E-state index contributed by atoms with van der Waals surface area (Å²) in [5.41, 5.74) is 1.25. The van der Waals surface area contributed by atoms with Crippen molar-refractivity contribution in [1.82, 2.24) is 10.3 Å². The van der Waals surface area contributed by atoms with Crippen LogP contribution in [0.4, 0.5) is 0 Å². The molecule has 3 nitrogen and oxygen atoms in total. The van der Waals surface area contributed by atoms with E-state index in [0.29, 0.717) is 6.61 Å². The van der Waals surface area contributed by atoms with Crippen LogP contribution >= 0.6 is 11.3 Å². The summed E-state index contributed by atoms with van der Waals surface area (Å²) in [4.78, 5) is 5.51. The number of nitrogens with zero attached hydrogens (tertiary/aromatic N) is 1. The fourth-order valence-electron chi connectivity index (χ4n) is 1.76. The third-order valence-corrected chi connectivity index (χ3v) is 3.80. The Labute approximate surface area is 125 Å². The van der Waals surface area contributed by atoms with Crippen LogP contribution in [0.25, 0.3) is 0 Å². The monoisotopic (exact) mass is 290 g/mol. The van der Waals surface area contributed by atoms with E-state index < -0.39 is 0 Å². The molecular weight excluding hydrogens is 268 g/mol. The summed E-state index contributed by atoms with van der Waals surface area (Å²) in [6.45, 7) is 7.96. The molecule has 2 heterocycles. The van der Waals surface area contributed by atoms with Gasteiger partial charge < -0.3 is 10.1 Å². The number of nitrogens with one attached hydrogen (secondary N) is 1. The first-order chi connectivity index (χ1) is 9.54. The van der Waals surface area contributed by atoms with Gasteiger partial charge in [0.1, 0.15) is 5.75 Å². The van der Waals surface area contributed by atoms with Gasteiger partial charge in [-0.25, -0.2) is 0 Å². The minimum absolute atomic E-state index is 0.0948. The molecule has 0 aliphatic carbocycles. The molecule has 108 valence electrons. The molecule has 0 unspecified atom stereocenters. The molecule has 0 spiro atoms. The lowest BCUT2D eigenvalue weighted by molar-refractivity contribution is 0.315. The summed E-state index contributed by atoms with van der Waals surface area (Å²) < 4.78 is 5.88. The van der Waals surface area contributed by atoms with E-state index in [2.05, 4.69) is 48.6 Å².